The van der Waals surface area contributed by atoms with E-state index in [1.54, 1.807) is 24.5 Å². The SMILES string of the molecule is CN(C(N)=O)S(=O)(=O)c1ccc(CCN2CC=C(c3c[nH]cc3-c3ccncc3)CC2c2ccc(F)cc2)cc1. The molecule has 5 rings (SSSR count). The standard InChI is InChI=1S/C30H30FN5O3S/c1-35(30(32)37)40(38,39)26-8-2-21(3-9-26)12-16-36-17-13-24(18-29(36)23-4-6-25(31)7-5-23)28-20-34-19-27(28)22-10-14-33-15-11-22/h2-11,13-15,19-20,29,34H,12,16-18H2,1H3,(H2,32,37). The number of carbonyl (C=O) groups excluding carboxylic acids is 1. The summed E-state index contributed by atoms with van der Waals surface area (Å²) in [6, 6.07) is 16.1. The van der Waals surface area contributed by atoms with Crippen molar-refractivity contribution in [3.63, 3.8) is 0 Å². The Morgan fingerprint density at radius 3 is 2.40 bits per heavy atom. The second-order valence-corrected chi connectivity index (χ2v) is 11.7. The number of sulfonamides is 1. The molecule has 4 aromatic rings. The van der Waals surface area contributed by atoms with Gasteiger partial charge in [-0.25, -0.2) is 21.9 Å². The minimum absolute atomic E-state index is 0.00351. The lowest BCUT2D eigenvalue weighted by Crippen LogP contribution is -2.37. The minimum atomic E-state index is -3.99. The minimum Gasteiger partial charge on any atom is -0.366 e. The fourth-order valence-corrected chi connectivity index (χ4v) is 6.07. The van der Waals surface area contributed by atoms with Crippen molar-refractivity contribution in [3.8, 4) is 11.1 Å². The van der Waals surface area contributed by atoms with Crippen molar-refractivity contribution < 1.29 is 17.6 Å². The number of H-pyrrole nitrogens is 1. The van der Waals surface area contributed by atoms with Gasteiger partial charge in [0, 0.05) is 62.1 Å². The molecule has 0 saturated heterocycles. The number of rotatable bonds is 8. The van der Waals surface area contributed by atoms with Crippen molar-refractivity contribution in [2.45, 2.75) is 23.8 Å². The molecule has 2 amide bonds. The summed E-state index contributed by atoms with van der Waals surface area (Å²) in [6.07, 6.45) is 11.2. The van der Waals surface area contributed by atoms with Crippen LogP contribution in [-0.2, 0) is 16.4 Å². The Kier molecular flexibility index (Phi) is 7.81. The summed E-state index contributed by atoms with van der Waals surface area (Å²) in [5.41, 5.74) is 11.7. The Labute approximate surface area is 233 Å². The average Bonchev–Trinajstić information content (AvgIpc) is 3.47. The Morgan fingerprint density at radius 2 is 1.73 bits per heavy atom. The topological polar surface area (TPSA) is 112 Å². The maximum Gasteiger partial charge on any atom is 0.328 e. The van der Waals surface area contributed by atoms with E-state index in [0.29, 0.717) is 23.8 Å². The van der Waals surface area contributed by atoms with Gasteiger partial charge < -0.3 is 10.7 Å². The average molecular weight is 560 g/mol. The van der Waals surface area contributed by atoms with Crippen molar-refractivity contribution in [1.29, 1.82) is 0 Å². The van der Waals surface area contributed by atoms with Crippen molar-refractivity contribution in [3.05, 3.63) is 114 Å². The molecule has 206 valence electrons. The lowest BCUT2D eigenvalue weighted by Gasteiger charge is -2.36. The van der Waals surface area contributed by atoms with Gasteiger partial charge in [-0.1, -0.05) is 30.3 Å². The number of hydrogen-bond acceptors (Lipinski definition) is 5. The van der Waals surface area contributed by atoms with Crippen LogP contribution >= 0.6 is 0 Å². The molecule has 0 radical (unpaired) electrons. The number of nitrogens with two attached hydrogens (primary N) is 1. The first-order chi connectivity index (χ1) is 19.2. The Balaban J connectivity index is 1.37. The van der Waals surface area contributed by atoms with Gasteiger partial charge in [0.15, 0.2) is 0 Å². The molecule has 3 heterocycles. The van der Waals surface area contributed by atoms with Gasteiger partial charge in [0.2, 0.25) is 0 Å². The fourth-order valence-electron chi connectivity index (χ4n) is 5.03. The number of amides is 2. The third kappa shape index (κ3) is 5.68. The zero-order chi connectivity index (χ0) is 28.3. The summed E-state index contributed by atoms with van der Waals surface area (Å²) in [6.45, 7) is 1.41. The largest absolute Gasteiger partial charge is 0.366 e. The van der Waals surface area contributed by atoms with Crippen molar-refractivity contribution in [2.75, 3.05) is 20.1 Å². The number of aromatic amines is 1. The molecule has 8 nitrogen and oxygen atoms in total. The maximum absolute atomic E-state index is 13.8. The molecule has 1 unspecified atom stereocenters. The van der Waals surface area contributed by atoms with Gasteiger partial charge in [-0.15, -0.1) is 0 Å². The van der Waals surface area contributed by atoms with Crippen LogP contribution in [0.2, 0.25) is 0 Å². The summed E-state index contributed by atoms with van der Waals surface area (Å²) < 4.78 is 39.4. The summed E-state index contributed by atoms with van der Waals surface area (Å²) in [5, 5.41) is 0. The van der Waals surface area contributed by atoms with Gasteiger partial charge in [0.25, 0.3) is 10.0 Å². The number of primary amides is 1. The molecule has 1 aliphatic rings. The molecule has 10 heteroatoms. The number of benzene rings is 2. The highest BCUT2D eigenvalue weighted by molar-refractivity contribution is 7.89. The second-order valence-electron chi connectivity index (χ2n) is 9.72. The van der Waals surface area contributed by atoms with Crippen LogP contribution in [0.4, 0.5) is 9.18 Å². The monoisotopic (exact) mass is 559 g/mol. The lowest BCUT2D eigenvalue weighted by atomic mass is 9.88. The van der Waals surface area contributed by atoms with E-state index in [0.717, 1.165) is 41.3 Å². The zero-order valence-electron chi connectivity index (χ0n) is 22.0. The van der Waals surface area contributed by atoms with E-state index in [1.807, 2.05) is 36.7 Å². The number of urea groups is 1. The molecule has 0 aliphatic carbocycles. The number of nitrogens with zero attached hydrogens (tertiary/aromatic N) is 3. The normalized spacial score (nSPS) is 15.9. The Bertz CT molecular complexity index is 1620. The Hall–Kier alpha value is -4.28. The van der Waals surface area contributed by atoms with Crippen LogP contribution in [0.1, 0.15) is 29.2 Å². The van der Waals surface area contributed by atoms with Crippen LogP contribution < -0.4 is 5.73 Å². The number of hydrogen-bond donors (Lipinski definition) is 2. The molecular weight excluding hydrogens is 529 g/mol. The number of carbonyl (C=O) groups is 1. The van der Waals surface area contributed by atoms with E-state index >= 15 is 0 Å². The number of halogens is 1. The highest BCUT2D eigenvalue weighted by Gasteiger charge is 2.27. The third-order valence-electron chi connectivity index (χ3n) is 7.34. The van der Waals surface area contributed by atoms with Crippen molar-refractivity contribution in [1.82, 2.24) is 19.2 Å². The molecule has 40 heavy (non-hydrogen) atoms. The number of aromatic nitrogens is 2. The van der Waals surface area contributed by atoms with Gasteiger partial charge in [-0.2, -0.15) is 0 Å². The first-order valence-corrected chi connectivity index (χ1v) is 14.3. The number of pyridine rings is 1. The quantitative estimate of drug-likeness (QED) is 0.316. The predicted molar refractivity (Wildman–Crippen MR) is 152 cm³/mol. The molecule has 0 spiro atoms. The van der Waals surface area contributed by atoms with Crippen LogP contribution in [0.25, 0.3) is 16.7 Å². The molecule has 1 atom stereocenters. The smallest absolute Gasteiger partial charge is 0.328 e. The van der Waals surface area contributed by atoms with E-state index < -0.39 is 16.1 Å². The molecule has 0 saturated carbocycles. The summed E-state index contributed by atoms with van der Waals surface area (Å²) >= 11 is 0. The molecular formula is C30H30FN5O3S. The van der Waals surface area contributed by atoms with Crippen LogP contribution in [-0.4, -0.2) is 53.8 Å². The first kappa shape index (κ1) is 27.3. The lowest BCUT2D eigenvalue weighted by molar-refractivity contribution is 0.216. The molecule has 0 fully saturated rings. The number of nitrogens with one attached hydrogen (secondary N) is 1. The third-order valence-corrected chi connectivity index (χ3v) is 9.11. The maximum atomic E-state index is 13.8. The van der Waals surface area contributed by atoms with Gasteiger partial charge in [-0.05, 0) is 71.5 Å². The summed E-state index contributed by atoms with van der Waals surface area (Å²) in [4.78, 5) is 21.1. The Morgan fingerprint density at radius 1 is 1.05 bits per heavy atom. The van der Waals surface area contributed by atoms with Gasteiger partial charge >= 0.3 is 6.03 Å². The van der Waals surface area contributed by atoms with E-state index in [4.69, 9.17) is 5.73 Å². The second kappa shape index (κ2) is 11.4. The van der Waals surface area contributed by atoms with Crippen LogP contribution in [0.5, 0.6) is 0 Å². The van der Waals surface area contributed by atoms with E-state index in [-0.39, 0.29) is 16.8 Å². The predicted octanol–water partition coefficient (Wildman–Crippen LogP) is 4.99. The van der Waals surface area contributed by atoms with Crippen LogP contribution in [0.15, 0.2) is 96.4 Å². The van der Waals surface area contributed by atoms with Gasteiger partial charge in [-0.3, -0.25) is 9.88 Å². The molecule has 2 aromatic heterocycles. The highest BCUT2D eigenvalue weighted by Crippen LogP contribution is 2.39. The molecule has 2 aromatic carbocycles. The van der Waals surface area contributed by atoms with Gasteiger partial charge in [0.05, 0.1) is 4.90 Å². The molecule has 1 aliphatic heterocycles. The first-order valence-electron chi connectivity index (χ1n) is 12.9. The van der Waals surface area contributed by atoms with Crippen molar-refractivity contribution in [2.24, 2.45) is 5.73 Å². The highest BCUT2D eigenvalue weighted by atomic mass is 32.2. The molecule has 0 bridgehead atoms. The van der Waals surface area contributed by atoms with E-state index in [1.165, 1.54) is 29.8 Å². The van der Waals surface area contributed by atoms with Crippen LogP contribution in [0.3, 0.4) is 0 Å². The fraction of sp³-hybridized carbons (Fsp3) is 0.200. The van der Waals surface area contributed by atoms with Crippen LogP contribution in [0, 0.1) is 5.82 Å². The van der Waals surface area contributed by atoms with E-state index in [9.17, 15) is 17.6 Å². The van der Waals surface area contributed by atoms with E-state index in [2.05, 4.69) is 20.9 Å². The summed E-state index contributed by atoms with van der Waals surface area (Å²) in [5.74, 6) is -0.274. The molecule has 3 N–H and O–H groups in total. The van der Waals surface area contributed by atoms with Gasteiger partial charge in [0.1, 0.15) is 5.82 Å². The zero-order valence-corrected chi connectivity index (χ0v) is 22.8. The van der Waals surface area contributed by atoms with Crippen molar-refractivity contribution >= 4 is 21.6 Å². The summed E-state index contributed by atoms with van der Waals surface area (Å²) in [7, 11) is -2.85.